The van der Waals surface area contributed by atoms with Crippen molar-refractivity contribution < 1.29 is 24.1 Å². The number of carbonyl (C=O) groups is 1. The van der Waals surface area contributed by atoms with E-state index >= 15 is 0 Å². The van der Waals surface area contributed by atoms with Crippen LogP contribution in [-0.2, 0) is 16.1 Å². The Morgan fingerprint density at radius 2 is 2.11 bits per heavy atom. The van der Waals surface area contributed by atoms with Gasteiger partial charge in [0.15, 0.2) is 11.5 Å². The summed E-state index contributed by atoms with van der Waals surface area (Å²) in [6, 6.07) is 3.16. The van der Waals surface area contributed by atoms with Crippen molar-refractivity contribution in [2.24, 2.45) is 0 Å². The monoisotopic (exact) mass is 274 g/mol. The first-order valence-corrected chi connectivity index (χ1v) is 5.67. The van der Waals surface area contributed by atoms with Crippen LogP contribution in [0.3, 0.4) is 0 Å². The first-order valence-electron chi connectivity index (χ1n) is 5.29. The quantitative estimate of drug-likeness (QED) is 0.801. The SMILES string of the molecule is COC(=O)CCOc1c(CO)cc(Cl)cc1OC. The Labute approximate surface area is 110 Å². The number of carbonyl (C=O) groups excluding carboxylic acids is 1. The van der Waals surface area contributed by atoms with Crippen LogP contribution in [0, 0.1) is 0 Å². The lowest BCUT2D eigenvalue weighted by Crippen LogP contribution is -2.09. The first kappa shape index (κ1) is 14.6. The minimum atomic E-state index is -0.367. The molecule has 0 saturated heterocycles. The smallest absolute Gasteiger partial charge is 0.308 e. The molecule has 5 nitrogen and oxygen atoms in total. The van der Waals surface area contributed by atoms with Crippen molar-refractivity contribution in [3.05, 3.63) is 22.7 Å². The minimum Gasteiger partial charge on any atom is -0.493 e. The minimum absolute atomic E-state index is 0.118. The highest BCUT2D eigenvalue weighted by atomic mass is 35.5. The number of hydrogen-bond donors (Lipinski definition) is 1. The Hall–Kier alpha value is -1.46. The molecule has 0 unspecified atom stereocenters. The van der Waals surface area contributed by atoms with E-state index < -0.39 is 0 Å². The summed E-state index contributed by atoms with van der Waals surface area (Å²) in [5, 5.41) is 9.67. The highest BCUT2D eigenvalue weighted by Crippen LogP contribution is 2.34. The van der Waals surface area contributed by atoms with Gasteiger partial charge in [-0.05, 0) is 6.07 Å². The number of benzene rings is 1. The molecule has 1 rings (SSSR count). The van der Waals surface area contributed by atoms with E-state index in [1.165, 1.54) is 14.2 Å². The number of ether oxygens (including phenoxy) is 3. The molecule has 1 N–H and O–H groups in total. The standard InChI is InChI=1S/C12H15ClO5/c1-16-10-6-9(13)5-8(7-14)12(10)18-4-3-11(15)17-2/h5-6,14H,3-4,7H2,1-2H3. The fraction of sp³-hybridized carbons (Fsp3) is 0.417. The molecule has 0 atom stereocenters. The molecule has 100 valence electrons. The van der Waals surface area contributed by atoms with Gasteiger partial charge in [-0.15, -0.1) is 0 Å². The van der Waals surface area contributed by atoms with Crippen LogP contribution in [0.4, 0.5) is 0 Å². The van der Waals surface area contributed by atoms with Crippen LogP contribution in [-0.4, -0.2) is 31.9 Å². The van der Waals surface area contributed by atoms with Gasteiger partial charge in [0.2, 0.25) is 0 Å². The number of hydrogen-bond acceptors (Lipinski definition) is 5. The summed E-state index contributed by atoms with van der Waals surface area (Å²) >= 11 is 5.87. The molecule has 0 spiro atoms. The number of rotatable bonds is 6. The number of aliphatic hydroxyl groups is 1. The molecule has 0 aliphatic heterocycles. The van der Waals surface area contributed by atoms with Crippen LogP contribution in [0.1, 0.15) is 12.0 Å². The van der Waals surface area contributed by atoms with Gasteiger partial charge in [-0.2, -0.15) is 0 Å². The first-order chi connectivity index (χ1) is 8.62. The van der Waals surface area contributed by atoms with Gasteiger partial charge >= 0.3 is 5.97 Å². The summed E-state index contributed by atoms with van der Waals surface area (Å²) in [5.41, 5.74) is 0.504. The van der Waals surface area contributed by atoms with Gasteiger partial charge in [0.25, 0.3) is 0 Å². The fourth-order valence-corrected chi connectivity index (χ4v) is 1.62. The lowest BCUT2D eigenvalue weighted by atomic mass is 10.2. The Balaban J connectivity index is 2.82. The zero-order chi connectivity index (χ0) is 13.5. The van der Waals surface area contributed by atoms with E-state index in [-0.39, 0.29) is 25.6 Å². The number of aliphatic hydroxyl groups excluding tert-OH is 1. The molecule has 0 saturated carbocycles. The molecule has 0 radical (unpaired) electrons. The van der Waals surface area contributed by atoms with E-state index in [1.54, 1.807) is 12.1 Å². The fourth-order valence-electron chi connectivity index (χ4n) is 1.39. The molecule has 0 fully saturated rings. The lowest BCUT2D eigenvalue weighted by Gasteiger charge is -2.14. The van der Waals surface area contributed by atoms with E-state index in [0.717, 1.165) is 0 Å². The Morgan fingerprint density at radius 3 is 2.67 bits per heavy atom. The third kappa shape index (κ3) is 3.78. The van der Waals surface area contributed by atoms with Gasteiger partial charge in [-0.3, -0.25) is 4.79 Å². The molecule has 0 heterocycles. The van der Waals surface area contributed by atoms with Crippen LogP contribution in [0.25, 0.3) is 0 Å². The molecule has 0 amide bonds. The number of halogens is 1. The molecule has 18 heavy (non-hydrogen) atoms. The summed E-state index contributed by atoms with van der Waals surface area (Å²) in [6.07, 6.45) is 0.118. The topological polar surface area (TPSA) is 65.0 Å². The summed E-state index contributed by atoms with van der Waals surface area (Å²) in [5.74, 6) is 0.429. The molecule has 1 aromatic carbocycles. The summed E-state index contributed by atoms with van der Waals surface area (Å²) in [7, 11) is 2.78. The summed E-state index contributed by atoms with van der Waals surface area (Å²) in [6.45, 7) is -0.0951. The Bertz CT molecular complexity index is 394. The second-order valence-corrected chi connectivity index (χ2v) is 3.87. The number of esters is 1. The van der Waals surface area contributed by atoms with E-state index in [4.69, 9.17) is 21.1 Å². The van der Waals surface area contributed by atoms with E-state index in [0.29, 0.717) is 22.1 Å². The second-order valence-electron chi connectivity index (χ2n) is 3.43. The van der Waals surface area contributed by atoms with Crippen molar-refractivity contribution in [3.8, 4) is 11.5 Å². The third-order valence-corrected chi connectivity index (χ3v) is 2.49. The van der Waals surface area contributed by atoms with E-state index in [2.05, 4.69) is 4.74 Å². The summed E-state index contributed by atoms with van der Waals surface area (Å²) < 4.78 is 15.0. The average Bonchev–Trinajstić information content (AvgIpc) is 2.39. The molecule has 0 aromatic heterocycles. The van der Waals surface area contributed by atoms with Crippen LogP contribution in [0.5, 0.6) is 11.5 Å². The molecular weight excluding hydrogens is 260 g/mol. The van der Waals surface area contributed by atoms with Crippen LogP contribution in [0.15, 0.2) is 12.1 Å². The second kappa shape index (κ2) is 7.08. The highest BCUT2D eigenvalue weighted by molar-refractivity contribution is 6.30. The van der Waals surface area contributed by atoms with E-state index in [1.807, 2.05) is 0 Å². The maximum Gasteiger partial charge on any atom is 0.308 e. The average molecular weight is 275 g/mol. The van der Waals surface area contributed by atoms with Crippen molar-refractivity contribution in [1.29, 1.82) is 0 Å². The molecule has 0 aliphatic carbocycles. The van der Waals surface area contributed by atoms with Crippen molar-refractivity contribution in [2.75, 3.05) is 20.8 Å². The Kier molecular flexibility index (Phi) is 5.74. The van der Waals surface area contributed by atoms with Crippen LogP contribution >= 0.6 is 11.6 Å². The molecule has 0 bridgehead atoms. The van der Waals surface area contributed by atoms with Gasteiger partial charge in [-0.25, -0.2) is 0 Å². The van der Waals surface area contributed by atoms with Crippen LogP contribution in [0.2, 0.25) is 5.02 Å². The van der Waals surface area contributed by atoms with Crippen molar-refractivity contribution in [1.82, 2.24) is 0 Å². The maximum absolute atomic E-state index is 11.0. The van der Waals surface area contributed by atoms with Crippen LogP contribution < -0.4 is 9.47 Å². The maximum atomic E-state index is 11.0. The predicted molar refractivity (Wildman–Crippen MR) is 66.1 cm³/mol. The predicted octanol–water partition coefficient (Wildman–Crippen LogP) is 1.78. The van der Waals surface area contributed by atoms with Gasteiger partial charge in [-0.1, -0.05) is 11.6 Å². The molecule has 0 aliphatic rings. The van der Waals surface area contributed by atoms with Crippen molar-refractivity contribution in [2.45, 2.75) is 13.0 Å². The van der Waals surface area contributed by atoms with Gasteiger partial charge < -0.3 is 19.3 Å². The Morgan fingerprint density at radius 1 is 1.39 bits per heavy atom. The molecule has 1 aromatic rings. The highest BCUT2D eigenvalue weighted by Gasteiger charge is 2.13. The van der Waals surface area contributed by atoms with Crippen molar-refractivity contribution in [3.63, 3.8) is 0 Å². The lowest BCUT2D eigenvalue weighted by molar-refractivity contribution is -0.141. The molecular formula is C12H15ClO5. The van der Waals surface area contributed by atoms with Gasteiger partial charge in [0.1, 0.15) is 0 Å². The third-order valence-electron chi connectivity index (χ3n) is 2.27. The van der Waals surface area contributed by atoms with Gasteiger partial charge in [0, 0.05) is 16.7 Å². The summed E-state index contributed by atoms with van der Waals surface area (Å²) in [4.78, 5) is 11.0. The normalized spacial score (nSPS) is 10.0. The zero-order valence-electron chi connectivity index (χ0n) is 10.2. The molecule has 6 heteroatoms. The van der Waals surface area contributed by atoms with Crippen molar-refractivity contribution >= 4 is 17.6 Å². The van der Waals surface area contributed by atoms with Gasteiger partial charge in [0.05, 0.1) is 33.9 Å². The zero-order valence-corrected chi connectivity index (χ0v) is 11.0. The largest absolute Gasteiger partial charge is 0.493 e. The van der Waals surface area contributed by atoms with E-state index in [9.17, 15) is 9.90 Å². The number of methoxy groups -OCH3 is 2.